The summed E-state index contributed by atoms with van der Waals surface area (Å²) in [5.41, 5.74) is 5.98. The van der Waals surface area contributed by atoms with E-state index in [0.29, 0.717) is 0 Å². The van der Waals surface area contributed by atoms with Crippen LogP contribution in [0.2, 0.25) is 0 Å². The minimum atomic E-state index is -0.0834. The third-order valence-corrected chi connectivity index (χ3v) is 3.82. The maximum atomic E-state index is 11.9. The van der Waals surface area contributed by atoms with Gasteiger partial charge in [0.25, 0.3) is 0 Å². The highest BCUT2D eigenvalue weighted by Crippen LogP contribution is 2.15. The van der Waals surface area contributed by atoms with Crippen LogP contribution < -0.4 is 26.4 Å². The summed E-state index contributed by atoms with van der Waals surface area (Å²) in [4.78, 5) is 22.6. The molecule has 21 heavy (non-hydrogen) atoms. The smallest absolute Gasteiger partial charge is 0.315 e. The van der Waals surface area contributed by atoms with Gasteiger partial charge in [-0.05, 0) is 18.9 Å². The van der Waals surface area contributed by atoms with Crippen LogP contribution in [-0.4, -0.2) is 54.3 Å². The first-order valence-corrected chi connectivity index (χ1v) is 7.36. The van der Waals surface area contributed by atoms with Gasteiger partial charge in [0.2, 0.25) is 5.95 Å². The Bertz CT molecular complexity index is 455. The van der Waals surface area contributed by atoms with Gasteiger partial charge in [-0.1, -0.05) is 0 Å². The lowest BCUT2D eigenvalue weighted by atomic mass is 10.1. The fraction of sp³-hybridized carbons (Fsp3) is 0.615. The SMILES string of the molecule is O=C(NC1CCN(c2ncccn2)CC1)NC1CNNC1. The highest BCUT2D eigenvalue weighted by atomic mass is 16.2. The van der Waals surface area contributed by atoms with Crippen molar-refractivity contribution in [2.45, 2.75) is 24.9 Å². The second-order valence-corrected chi connectivity index (χ2v) is 5.39. The molecule has 0 radical (unpaired) electrons. The Labute approximate surface area is 123 Å². The number of urea groups is 1. The molecule has 0 saturated carbocycles. The van der Waals surface area contributed by atoms with Gasteiger partial charge < -0.3 is 15.5 Å². The van der Waals surface area contributed by atoms with Crippen LogP contribution >= 0.6 is 0 Å². The number of amides is 2. The zero-order valence-electron chi connectivity index (χ0n) is 11.9. The van der Waals surface area contributed by atoms with Crippen molar-refractivity contribution in [1.82, 2.24) is 31.5 Å². The van der Waals surface area contributed by atoms with E-state index in [9.17, 15) is 4.79 Å². The van der Waals surface area contributed by atoms with E-state index in [4.69, 9.17) is 0 Å². The summed E-state index contributed by atoms with van der Waals surface area (Å²) in [6.07, 6.45) is 5.33. The van der Waals surface area contributed by atoms with Crippen molar-refractivity contribution in [3.63, 3.8) is 0 Å². The van der Waals surface area contributed by atoms with Crippen molar-refractivity contribution in [3.8, 4) is 0 Å². The molecule has 0 aliphatic carbocycles. The molecule has 1 aromatic heterocycles. The molecule has 114 valence electrons. The first-order chi connectivity index (χ1) is 10.3. The van der Waals surface area contributed by atoms with Gasteiger partial charge in [0.1, 0.15) is 0 Å². The van der Waals surface area contributed by atoms with Gasteiger partial charge in [-0.25, -0.2) is 14.8 Å². The van der Waals surface area contributed by atoms with Crippen LogP contribution in [0.25, 0.3) is 0 Å². The quantitative estimate of drug-likeness (QED) is 0.584. The number of anilines is 1. The molecule has 4 N–H and O–H groups in total. The van der Waals surface area contributed by atoms with Gasteiger partial charge in [0.05, 0.1) is 6.04 Å². The molecule has 2 aliphatic rings. The van der Waals surface area contributed by atoms with Gasteiger partial charge in [-0.15, -0.1) is 0 Å². The molecule has 1 aromatic rings. The second-order valence-electron chi connectivity index (χ2n) is 5.39. The normalized spacial score (nSPS) is 20.5. The third-order valence-electron chi connectivity index (χ3n) is 3.82. The minimum absolute atomic E-state index is 0.0834. The molecule has 2 amide bonds. The third kappa shape index (κ3) is 3.79. The number of piperidine rings is 1. The van der Waals surface area contributed by atoms with E-state index >= 15 is 0 Å². The Morgan fingerprint density at radius 1 is 1.10 bits per heavy atom. The Kier molecular flexibility index (Phi) is 4.46. The van der Waals surface area contributed by atoms with E-state index in [2.05, 4.69) is 36.4 Å². The van der Waals surface area contributed by atoms with Gasteiger partial charge in [0.15, 0.2) is 0 Å². The average molecular weight is 291 g/mol. The van der Waals surface area contributed by atoms with E-state index in [0.717, 1.165) is 45.0 Å². The van der Waals surface area contributed by atoms with Crippen LogP contribution in [0.4, 0.5) is 10.7 Å². The molecule has 0 aromatic carbocycles. The fourth-order valence-corrected chi connectivity index (χ4v) is 2.66. The molecule has 3 rings (SSSR count). The van der Waals surface area contributed by atoms with E-state index in [-0.39, 0.29) is 18.1 Å². The van der Waals surface area contributed by atoms with Crippen LogP contribution in [0.3, 0.4) is 0 Å². The zero-order valence-corrected chi connectivity index (χ0v) is 11.9. The molecular weight excluding hydrogens is 270 g/mol. The molecule has 8 nitrogen and oxygen atoms in total. The predicted molar refractivity (Wildman–Crippen MR) is 78.7 cm³/mol. The summed E-state index contributed by atoms with van der Waals surface area (Å²) in [6.45, 7) is 3.25. The first kappa shape index (κ1) is 14.0. The summed E-state index contributed by atoms with van der Waals surface area (Å²) in [5.74, 6) is 0.767. The number of carbonyl (C=O) groups excluding carboxylic acids is 1. The summed E-state index contributed by atoms with van der Waals surface area (Å²) < 4.78 is 0. The van der Waals surface area contributed by atoms with Crippen LogP contribution in [0.15, 0.2) is 18.5 Å². The Balaban J connectivity index is 1.42. The number of carbonyl (C=O) groups is 1. The van der Waals surface area contributed by atoms with Gasteiger partial charge in [-0.3, -0.25) is 10.9 Å². The molecule has 2 saturated heterocycles. The van der Waals surface area contributed by atoms with Gasteiger partial charge >= 0.3 is 6.03 Å². The number of hydrogen-bond donors (Lipinski definition) is 4. The molecule has 8 heteroatoms. The number of hydrogen-bond acceptors (Lipinski definition) is 6. The molecule has 2 aliphatic heterocycles. The van der Waals surface area contributed by atoms with E-state index in [1.165, 1.54) is 0 Å². The monoisotopic (exact) mass is 291 g/mol. The molecule has 2 fully saturated rings. The van der Waals surface area contributed by atoms with Crippen molar-refractivity contribution in [2.75, 3.05) is 31.1 Å². The number of aromatic nitrogens is 2. The molecule has 0 unspecified atom stereocenters. The Morgan fingerprint density at radius 2 is 1.71 bits per heavy atom. The number of nitrogens with one attached hydrogen (secondary N) is 4. The summed E-state index contributed by atoms with van der Waals surface area (Å²) in [6, 6.07) is 2.10. The van der Waals surface area contributed by atoms with Crippen molar-refractivity contribution in [1.29, 1.82) is 0 Å². The first-order valence-electron chi connectivity index (χ1n) is 7.36. The molecular formula is C13H21N7O. The Hall–Kier alpha value is -1.93. The predicted octanol–water partition coefficient (Wildman–Crippen LogP) is -0.779. The van der Waals surface area contributed by atoms with Gasteiger partial charge in [0, 0.05) is 44.6 Å². The van der Waals surface area contributed by atoms with E-state index < -0.39 is 0 Å². The standard InChI is InChI=1S/C13H21N7O/c21-13(19-11-8-16-17-9-11)18-10-2-6-20(7-3-10)12-14-4-1-5-15-12/h1,4-5,10-11,16-17H,2-3,6-9H2,(H2,18,19,21). The van der Waals surface area contributed by atoms with Crippen LogP contribution in [-0.2, 0) is 0 Å². The molecule has 3 heterocycles. The van der Waals surface area contributed by atoms with Crippen molar-refractivity contribution in [3.05, 3.63) is 18.5 Å². The lowest BCUT2D eigenvalue weighted by molar-refractivity contribution is 0.231. The number of nitrogens with zero attached hydrogens (tertiary/aromatic N) is 3. The van der Waals surface area contributed by atoms with Crippen molar-refractivity contribution >= 4 is 12.0 Å². The minimum Gasteiger partial charge on any atom is -0.341 e. The maximum absolute atomic E-state index is 11.9. The largest absolute Gasteiger partial charge is 0.341 e. The number of rotatable bonds is 3. The highest BCUT2D eigenvalue weighted by molar-refractivity contribution is 5.74. The van der Waals surface area contributed by atoms with E-state index in [1.807, 2.05) is 6.07 Å². The zero-order chi connectivity index (χ0) is 14.5. The maximum Gasteiger partial charge on any atom is 0.315 e. The Morgan fingerprint density at radius 3 is 2.38 bits per heavy atom. The van der Waals surface area contributed by atoms with Gasteiger partial charge in [-0.2, -0.15) is 0 Å². The molecule has 0 atom stereocenters. The summed E-state index contributed by atoms with van der Waals surface area (Å²) in [7, 11) is 0. The molecule has 0 spiro atoms. The lowest BCUT2D eigenvalue weighted by Gasteiger charge is -2.32. The van der Waals surface area contributed by atoms with E-state index in [1.54, 1.807) is 12.4 Å². The number of hydrazine groups is 1. The fourth-order valence-electron chi connectivity index (χ4n) is 2.66. The summed E-state index contributed by atoms with van der Waals surface area (Å²) in [5, 5.41) is 6.00. The van der Waals surface area contributed by atoms with Crippen LogP contribution in [0, 0.1) is 0 Å². The average Bonchev–Trinajstić information content (AvgIpc) is 3.02. The highest BCUT2D eigenvalue weighted by Gasteiger charge is 2.23. The van der Waals surface area contributed by atoms with Crippen LogP contribution in [0.1, 0.15) is 12.8 Å². The lowest BCUT2D eigenvalue weighted by Crippen LogP contribution is -2.51. The molecule has 0 bridgehead atoms. The second kappa shape index (κ2) is 6.68. The topological polar surface area (TPSA) is 94.2 Å². The van der Waals surface area contributed by atoms with Crippen molar-refractivity contribution < 1.29 is 4.79 Å². The van der Waals surface area contributed by atoms with Crippen LogP contribution in [0.5, 0.6) is 0 Å². The van der Waals surface area contributed by atoms with Crippen molar-refractivity contribution in [2.24, 2.45) is 0 Å². The summed E-state index contributed by atoms with van der Waals surface area (Å²) >= 11 is 0.